The number of benzene rings is 1. The summed E-state index contributed by atoms with van der Waals surface area (Å²) in [5.41, 5.74) is 0.119. The third kappa shape index (κ3) is 1.21. The molecule has 1 saturated carbocycles. The van der Waals surface area contributed by atoms with E-state index in [-0.39, 0.29) is 6.42 Å². The van der Waals surface area contributed by atoms with Crippen molar-refractivity contribution in [2.45, 2.75) is 11.8 Å². The number of hydrogen-bond acceptors (Lipinski definition) is 2. The first-order valence-corrected chi connectivity index (χ1v) is 5.60. The van der Waals surface area contributed by atoms with Gasteiger partial charge in [0.1, 0.15) is 5.41 Å². The van der Waals surface area contributed by atoms with Crippen LogP contribution in [0.5, 0.6) is 0 Å². The van der Waals surface area contributed by atoms with Crippen LogP contribution >= 0.6 is 0 Å². The second-order valence-electron chi connectivity index (χ2n) is 4.62. The van der Waals surface area contributed by atoms with E-state index in [4.69, 9.17) is 5.11 Å². The van der Waals surface area contributed by atoms with Crippen molar-refractivity contribution in [2.24, 2.45) is 5.92 Å². The smallest absolute Gasteiger partial charge is 0.315 e. The lowest BCUT2D eigenvalue weighted by molar-refractivity contribution is -0.145. The van der Waals surface area contributed by atoms with Crippen LogP contribution in [0, 0.1) is 5.92 Å². The third-order valence-corrected chi connectivity index (χ3v) is 3.71. The molecule has 1 aromatic heterocycles. The fourth-order valence-corrected chi connectivity index (χ4v) is 2.65. The van der Waals surface area contributed by atoms with E-state index in [0.29, 0.717) is 5.56 Å². The van der Waals surface area contributed by atoms with Crippen molar-refractivity contribution < 1.29 is 19.8 Å². The van der Waals surface area contributed by atoms with Gasteiger partial charge in [0.05, 0.1) is 5.92 Å². The average Bonchev–Trinajstić information content (AvgIpc) is 2.96. The van der Waals surface area contributed by atoms with Gasteiger partial charge in [-0.05, 0) is 18.1 Å². The SMILES string of the molecule is O=C(O)C1CC1(C(=O)O)c1c[nH]c2ccccc12. The quantitative estimate of drug-likeness (QED) is 0.766. The van der Waals surface area contributed by atoms with Crippen LogP contribution < -0.4 is 0 Å². The van der Waals surface area contributed by atoms with Crippen LogP contribution in [-0.4, -0.2) is 27.1 Å². The Morgan fingerprint density at radius 3 is 2.61 bits per heavy atom. The van der Waals surface area contributed by atoms with Gasteiger partial charge in [-0.25, -0.2) is 0 Å². The Kier molecular flexibility index (Phi) is 2.02. The Morgan fingerprint density at radius 1 is 1.28 bits per heavy atom. The molecular weight excluding hydrogens is 234 g/mol. The summed E-state index contributed by atoms with van der Waals surface area (Å²) in [4.78, 5) is 25.5. The van der Waals surface area contributed by atoms with E-state index in [2.05, 4.69) is 4.98 Å². The number of aliphatic carboxylic acids is 2. The predicted molar refractivity (Wildman–Crippen MR) is 63.4 cm³/mol. The number of carbonyl (C=O) groups is 2. The minimum Gasteiger partial charge on any atom is -0.481 e. The Bertz CT molecular complexity index is 660. The van der Waals surface area contributed by atoms with Gasteiger partial charge in [0, 0.05) is 17.1 Å². The summed E-state index contributed by atoms with van der Waals surface area (Å²) in [5, 5.41) is 19.2. The summed E-state index contributed by atoms with van der Waals surface area (Å²) in [6, 6.07) is 7.31. The molecule has 1 aliphatic rings. The van der Waals surface area contributed by atoms with E-state index < -0.39 is 23.3 Å². The van der Waals surface area contributed by atoms with Crippen LogP contribution in [0.25, 0.3) is 10.9 Å². The van der Waals surface area contributed by atoms with Crippen LogP contribution in [0.1, 0.15) is 12.0 Å². The van der Waals surface area contributed by atoms with Crippen molar-refractivity contribution in [3.05, 3.63) is 36.0 Å². The summed E-state index contributed by atoms with van der Waals surface area (Å²) in [7, 11) is 0. The first-order chi connectivity index (χ1) is 8.57. The van der Waals surface area contributed by atoms with Gasteiger partial charge in [-0.1, -0.05) is 18.2 Å². The fraction of sp³-hybridized carbons (Fsp3) is 0.231. The summed E-state index contributed by atoms with van der Waals surface area (Å²) < 4.78 is 0. The first-order valence-electron chi connectivity index (χ1n) is 5.60. The number of nitrogens with one attached hydrogen (secondary N) is 1. The Balaban J connectivity index is 2.19. The lowest BCUT2D eigenvalue weighted by Crippen LogP contribution is -2.25. The molecule has 3 rings (SSSR count). The monoisotopic (exact) mass is 245 g/mol. The molecular formula is C13H11NO4. The second kappa shape index (κ2) is 3.35. The first kappa shape index (κ1) is 10.8. The largest absolute Gasteiger partial charge is 0.481 e. The molecule has 18 heavy (non-hydrogen) atoms. The highest BCUT2D eigenvalue weighted by Gasteiger charge is 2.66. The highest BCUT2D eigenvalue weighted by atomic mass is 16.4. The number of aromatic nitrogens is 1. The van der Waals surface area contributed by atoms with Gasteiger partial charge in [0.15, 0.2) is 0 Å². The highest BCUT2D eigenvalue weighted by molar-refractivity contribution is 5.99. The molecule has 0 amide bonds. The molecule has 1 fully saturated rings. The third-order valence-electron chi connectivity index (χ3n) is 3.71. The molecule has 0 spiro atoms. The molecule has 1 heterocycles. The molecule has 2 aromatic rings. The van der Waals surface area contributed by atoms with Gasteiger partial charge in [-0.2, -0.15) is 0 Å². The van der Waals surface area contributed by atoms with Crippen LogP contribution in [-0.2, 0) is 15.0 Å². The van der Waals surface area contributed by atoms with Crippen molar-refractivity contribution in [1.82, 2.24) is 4.98 Å². The molecule has 1 aromatic carbocycles. The highest BCUT2D eigenvalue weighted by Crippen LogP contribution is 2.56. The number of aromatic amines is 1. The Hall–Kier alpha value is -2.30. The standard InChI is InChI=1S/C13H11NO4/c15-11(16)8-5-13(8,12(17)18)9-6-14-10-4-2-1-3-7(9)10/h1-4,6,8,14H,5H2,(H,15,16)(H,17,18). The number of H-pyrrole nitrogens is 1. The Morgan fingerprint density at radius 2 is 2.00 bits per heavy atom. The number of carboxylic acid groups (broad SMARTS) is 2. The van der Waals surface area contributed by atoms with Gasteiger partial charge in [-0.15, -0.1) is 0 Å². The lowest BCUT2D eigenvalue weighted by Gasteiger charge is -2.09. The topological polar surface area (TPSA) is 90.4 Å². The van der Waals surface area contributed by atoms with Gasteiger partial charge in [-0.3, -0.25) is 9.59 Å². The molecule has 92 valence electrons. The van der Waals surface area contributed by atoms with E-state index in [1.165, 1.54) is 0 Å². The van der Waals surface area contributed by atoms with Gasteiger partial charge >= 0.3 is 11.9 Å². The minimum absolute atomic E-state index is 0.152. The van der Waals surface area contributed by atoms with Crippen LogP contribution in [0.15, 0.2) is 30.5 Å². The van der Waals surface area contributed by atoms with Crippen molar-refractivity contribution in [3.8, 4) is 0 Å². The van der Waals surface area contributed by atoms with Crippen molar-refractivity contribution in [3.63, 3.8) is 0 Å². The van der Waals surface area contributed by atoms with Crippen molar-refractivity contribution in [2.75, 3.05) is 0 Å². The molecule has 5 heteroatoms. The molecule has 0 bridgehead atoms. The van der Waals surface area contributed by atoms with Crippen molar-refractivity contribution >= 4 is 22.8 Å². The maximum absolute atomic E-state index is 11.5. The molecule has 0 radical (unpaired) electrons. The molecule has 2 atom stereocenters. The van der Waals surface area contributed by atoms with Crippen molar-refractivity contribution in [1.29, 1.82) is 0 Å². The van der Waals surface area contributed by atoms with E-state index in [0.717, 1.165) is 10.9 Å². The van der Waals surface area contributed by atoms with Gasteiger partial charge in [0.2, 0.25) is 0 Å². The number of para-hydroxylation sites is 1. The fourth-order valence-electron chi connectivity index (χ4n) is 2.65. The zero-order chi connectivity index (χ0) is 12.9. The molecule has 3 N–H and O–H groups in total. The normalized spacial score (nSPS) is 26.1. The van der Waals surface area contributed by atoms with Crippen LogP contribution in [0.4, 0.5) is 0 Å². The number of rotatable bonds is 3. The van der Waals surface area contributed by atoms with E-state index in [1.807, 2.05) is 24.3 Å². The van der Waals surface area contributed by atoms with Gasteiger partial charge in [0.25, 0.3) is 0 Å². The Labute approximate surface area is 102 Å². The molecule has 0 saturated heterocycles. The number of carboxylic acids is 2. The molecule has 5 nitrogen and oxygen atoms in total. The second-order valence-corrected chi connectivity index (χ2v) is 4.62. The van der Waals surface area contributed by atoms with E-state index in [1.54, 1.807) is 6.20 Å². The molecule has 1 aliphatic carbocycles. The lowest BCUT2D eigenvalue weighted by atomic mass is 9.93. The predicted octanol–water partition coefficient (Wildman–Crippen LogP) is 1.59. The zero-order valence-corrected chi connectivity index (χ0v) is 9.38. The number of hydrogen-bond donors (Lipinski definition) is 3. The van der Waals surface area contributed by atoms with E-state index in [9.17, 15) is 14.7 Å². The maximum atomic E-state index is 11.5. The molecule has 2 unspecified atom stereocenters. The minimum atomic E-state index is -1.27. The van der Waals surface area contributed by atoms with Crippen LogP contribution in [0.2, 0.25) is 0 Å². The summed E-state index contributed by atoms with van der Waals surface area (Å²) in [6.07, 6.45) is 1.77. The van der Waals surface area contributed by atoms with Crippen LogP contribution in [0.3, 0.4) is 0 Å². The maximum Gasteiger partial charge on any atom is 0.315 e. The summed E-state index contributed by atoms with van der Waals surface area (Å²) in [5.74, 6) is -2.96. The summed E-state index contributed by atoms with van der Waals surface area (Å²) >= 11 is 0. The number of fused-ring (bicyclic) bond motifs is 1. The van der Waals surface area contributed by atoms with Gasteiger partial charge < -0.3 is 15.2 Å². The van der Waals surface area contributed by atoms with E-state index >= 15 is 0 Å². The average molecular weight is 245 g/mol. The summed E-state index contributed by atoms with van der Waals surface area (Å²) in [6.45, 7) is 0. The zero-order valence-electron chi connectivity index (χ0n) is 9.38. The molecule has 0 aliphatic heterocycles.